The highest BCUT2D eigenvalue weighted by molar-refractivity contribution is 6.05. The van der Waals surface area contributed by atoms with Crippen molar-refractivity contribution in [3.05, 3.63) is 23.9 Å². The molecule has 0 fully saturated rings. The summed E-state index contributed by atoms with van der Waals surface area (Å²) in [5, 5.41) is 13.3. The highest BCUT2D eigenvalue weighted by atomic mass is 16.6. The Balaban J connectivity index is 2.47. The molecular formula is C16H20N4O5. The number of nitrogens with zero attached hydrogens (tertiary/aromatic N) is 3. The fourth-order valence-corrected chi connectivity index (χ4v) is 2.24. The van der Waals surface area contributed by atoms with Crippen molar-refractivity contribution < 1.29 is 24.2 Å². The summed E-state index contributed by atoms with van der Waals surface area (Å²) in [6.07, 6.45) is -0.564. The number of fused-ring (bicyclic) bond motifs is 1. The zero-order valence-electron chi connectivity index (χ0n) is 14.4. The van der Waals surface area contributed by atoms with Gasteiger partial charge in [-0.25, -0.2) is 4.79 Å². The molecule has 1 aromatic carbocycles. The minimum absolute atomic E-state index is 0.0595. The Morgan fingerprint density at radius 2 is 1.96 bits per heavy atom. The number of carboxylic acids is 1. The van der Waals surface area contributed by atoms with E-state index in [0.717, 1.165) is 0 Å². The molecule has 0 radical (unpaired) electrons. The molecule has 2 rings (SSSR count). The second kappa shape index (κ2) is 6.42. The highest BCUT2D eigenvalue weighted by Crippen LogP contribution is 2.25. The van der Waals surface area contributed by atoms with Crippen LogP contribution in [0.4, 0.5) is 10.5 Å². The Bertz CT molecular complexity index is 850. The number of benzene rings is 1. The second-order valence-electron chi connectivity index (χ2n) is 6.51. The van der Waals surface area contributed by atoms with Crippen LogP contribution in [0.5, 0.6) is 0 Å². The van der Waals surface area contributed by atoms with Crippen molar-refractivity contribution in [3.63, 3.8) is 0 Å². The number of carbonyl (C=O) groups excluding carboxylic acids is 2. The van der Waals surface area contributed by atoms with E-state index < -0.39 is 30.1 Å². The third-order valence-electron chi connectivity index (χ3n) is 3.31. The Labute approximate surface area is 143 Å². The number of anilines is 1. The molecule has 0 aliphatic carbocycles. The van der Waals surface area contributed by atoms with Gasteiger partial charge in [-0.15, -0.1) is 0 Å². The van der Waals surface area contributed by atoms with Crippen LogP contribution in [0.25, 0.3) is 10.9 Å². The fourth-order valence-electron chi connectivity index (χ4n) is 2.24. The van der Waals surface area contributed by atoms with Crippen LogP contribution >= 0.6 is 0 Å². The van der Waals surface area contributed by atoms with Crippen LogP contribution in [0.3, 0.4) is 0 Å². The summed E-state index contributed by atoms with van der Waals surface area (Å²) in [5.41, 5.74) is 5.50. The van der Waals surface area contributed by atoms with Gasteiger partial charge in [0.05, 0.1) is 5.52 Å². The predicted molar refractivity (Wildman–Crippen MR) is 90.5 cm³/mol. The van der Waals surface area contributed by atoms with Gasteiger partial charge in [-0.1, -0.05) is 0 Å². The summed E-state index contributed by atoms with van der Waals surface area (Å²) in [5.74, 6) is -1.89. The number of aliphatic carboxylic acids is 1. The first kappa shape index (κ1) is 18.2. The first-order chi connectivity index (χ1) is 11.5. The maximum atomic E-state index is 12.2. The monoisotopic (exact) mass is 348 g/mol. The van der Waals surface area contributed by atoms with E-state index in [0.29, 0.717) is 16.6 Å². The highest BCUT2D eigenvalue weighted by Gasteiger charge is 2.22. The molecule has 9 heteroatoms. The number of aromatic nitrogens is 2. The quantitative estimate of drug-likeness (QED) is 0.863. The first-order valence-electron chi connectivity index (χ1n) is 7.48. The Morgan fingerprint density at radius 3 is 2.48 bits per heavy atom. The SMILES string of the molecule is CN(C(=O)OC(C)(C)C)c1ccc2c(c1)c(C(N)=O)nn2CC(=O)O. The summed E-state index contributed by atoms with van der Waals surface area (Å²) in [7, 11) is 1.53. The van der Waals surface area contributed by atoms with Gasteiger partial charge in [0.25, 0.3) is 5.91 Å². The Kier molecular flexibility index (Phi) is 4.69. The summed E-state index contributed by atoms with van der Waals surface area (Å²) in [4.78, 5) is 36.0. The van der Waals surface area contributed by atoms with E-state index in [1.165, 1.54) is 16.6 Å². The molecule has 1 heterocycles. The van der Waals surface area contributed by atoms with Crippen molar-refractivity contribution in [1.82, 2.24) is 9.78 Å². The third kappa shape index (κ3) is 4.06. The van der Waals surface area contributed by atoms with Crippen molar-refractivity contribution in [3.8, 4) is 0 Å². The number of amides is 2. The average Bonchev–Trinajstić information content (AvgIpc) is 2.82. The van der Waals surface area contributed by atoms with Crippen molar-refractivity contribution >= 4 is 34.6 Å². The van der Waals surface area contributed by atoms with Crippen LogP contribution in [0.2, 0.25) is 0 Å². The topological polar surface area (TPSA) is 128 Å². The van der Waals surface area contributed by atoms with E-state index >= 15 is 0 Å². The number of nitrogens with two attached hydrogens (primary N) is 1. The number of primary amides is 1. The van der Waals surface area contributed by atoms with Crippen LogP contribution in [0.15, 0.2) is 18.2 Å². The molecule has 2 amide bonds. The lowest BCUT2D eigenvalue weighted by atomic mass is 10.1. The minimum atomic E-state index is -1.10. The molecule has 0 atom stereocenters. The van der Waals surface area contributed by atoms with Gasteiger partial charge >= 0.3 is 12.1 Å². The van der Waals surface area contributed by atoms with E-state index in [4.69, 9.17) is 15.6 Å². The zero-order chi connectivity index (χ0) is 18.9. The van der Waals surface area contributed by atoms with Crippen molar-refractivity contribution in [2.75, 3.05) is 11.9 Å². The first-order valence-corrected chi connectivity index (χ1v) is 7.48. The summed E-state index contributed by atoms with van der Waals surface area (Å²) in [6, 6.07) is 4.73. The van der Waals surface area contributed by atoms with Crippen molar-refractivity contribution in [1.29, 1.82) is 0 Å². The average molecular weight is 348 g/mol. The van der Waals surface area contributed by atoms with Gasteiger partial charge < -0.3 is 15.6 Å². The third-order valence-corrected chi connectivity index (χ3v) is 3.31. The smallest absolute Gasteiger partial charge is 0.414 e. The molecule has 0 bridgehead atoms. The van der Waals surface area contributed by atoms with Crippen LogP contribution in [-0.4, -0.2) is 45.5 Å². The van der Waals surface area contributed by atoms with E-state index in [9.17, 15) is 14.4 Å². The van der Waals surface area contributed by atoms with Gasteiger partial charge in [0.15, 0.2) is 5.69 Å². The van der Waals surface area contributed by atoms with E-state index in [1.807, 2.05) is 0 Å². The maximum Gasteiger partial charge on any atom is 0.414 e. The molecular weight excluding hydrogens is 328 g/mol. The zero-order valence-corrected chi connectivity index (χ0v) is 14.4. The van der Waals surface area contributed by atoms with Crippen molar-refractivity contribution in [2.24, 2.45) is 5.73 Å². The number of hydrogen-bond acceptors (Lipinski definition) is 5. The lowest BCUT2D eigenvalue weighted by Gasteiger charge is -2.24. The molecule has 0 saturated carbocycles. The molecule has 1 aromatic heterocycles. The normalized spacial score (nSPS) is 11.4. The van der Waals surface area contributed by atoms with Gasteiger partial charge in [0, 0.05) is 18.1 Å². The lowest BCUT2D eigenvalue weighted by molar-refractivity contribution is -0.137. The molecule has 25 heavy (non-hydrogen) atoms. The summed E-state index contributed by atoms with van der Waals surface area (Å²) >= 11 is 0. The molecule has 134 valence electrons. The largest absolute Gasteiger partial charge is 0.480 e. The van der Waals surface area contributed by atoms with E-state index in [1.54, 1.807) is 39.0 Å². The van der Waals surface area contributed by atoms with Crippen LogP contribution in [0, 0.1) is 0 Å². The molecule has 0 aliphatic rings. The maximum absolute atomic E-state index is 12.2. The number of hydrogen-bond donors (Lipinski definition) is 2. The van der Waals surface area contributed by atoms with Gasteiger partial charge in [-0.05, 0) is 39.0 Å². The van der Waals surface area contributed by atoms with Crippen LogP contribution < -0.4 is 10.6 Å². The molecule has 3 N–H and O–H groups in total. The summed E-state index contributed by atoms with van der Waals surface area (Å²) < 4.78 is 6.47. The number of carbonyl (C=O) groups is 3. The lowest BCUT2D eigenvalue weighted by Crippen LogP contribution is -2.34. The molecule has 0 unspecified atom stereocenters. The van der Waals surface area contributed by atoms with Gasteiger partial charge in [-0.3, -0.25) is 19.2 Å². The second-order valence-corrected chi connectivity index (χ2v) is 6.51. The number of ether oxygens (including phenoxy) is 1. The molecule has 0 aliphatic heterocycles. The molecule has 9 nitrogen and oxygen atoms in total. The van der Waals surface area contributed by atoms with Crippen molar-refractivity contribution in [2.45, 2.75) is 32.9 Å². The summed E-state index contributed by atoms with van der Waals surface area (Å²) in [6.45, 7) is 4.85. The molecule has 2 aromatic rings. The predicted octanol–water partition coefficient (Wildman–Crippen LogP) is 1.59. The van der Waals surface area contributed by atoms with E-state index in [-0.39, 0.29) is 5.69 Å². The Hall–Kier alpha value is -3.10. The molecule has 0 saturated heterocycles. The van der Waals surface area contributed by atoms with Crippen LogP contribution in [0.1, 0.15) is 31.3 Å². The van der Waals surface area contributed by atoms with Gasteiger partial charge in [0.1, 0.15) is 12.1 Å². The molecule has 0 spiro atoms. The van der Waals surface area contributed by atoms with Gasteiger partial charge in [0.2, 0.25) is 0 Å². The van der Waals surface area contributed by atoms with Gasteiger partial charge in [-0.2, -0.15) is 5.10 Å². The van der Waals surface area contributed by atoms with Crippen LogP contribution in [-0.2, 0) is 16.1 Å². The van der Waals surface area contributed by atoms with E-state index in [2.05, 4.69) is 5.10 Å². The fraction of sp³-hybridized carbons (Fsp3) is 0.375. The Morgan fingerprint density at radius 1 is 1.32 bits per heavy atom. The number of rotatable bonds is 4. The minimum Gasteiger partial charge on any atom is -0.480 e. The number of carboxylic acid groups (broad SMARTS) is 1. The standard InChI is InChI=1S/C16H20N4O5/c1-16(2,3)25-15(24)19(4)9-5-6-11-10(7-9)13(14(17)23)18-20(11)8-12(21)22/h5-7H,8H2,1-4H3,(H2,17,23)(H,21,22).